The van der Waals surface area contributed by atoms with E-state index < -0.39 is 17.7 Å². The molecule has 0 fully saturated rings. The van der Waals surface area contributed by atoms with Crippen LogP contribution in [0.4, 0.5) is 18.9 Å². The zero-order chi connectivity index (χ0) is 15.4. The lowest BCUT2D eigenvalue weighted by atomic mass is 9.90. The second kappa shape index (κ2) is 4.59. The van der Waals surface area contributed by atoms with Crippen molar-refractivity contribution in [1.82, 2.24) is 4.98 Å². The molecule has 3 rings (SSSR count). The van der Waals surface area contributed by atoms with Crippen LogP contribution in [0.25, 0.3) is 10.2 Å². The molecule has 0 aliphatic heterocycles. The first-order valence-electron chi connectivity index (χ1n) is 6.35. The summed E-state index contributed by atoms with van der Waals surface area (Å²) in [6.07, 6.45) is -2.35. The van der Waals surface area contributed by atoms with Crippen molar-refractivity contribution in [2.24, 2.45) is 0 Å². The van der Waals surface area contributed by atoms with Crippen LogP contribution in [-0.4, -0.2) is 16.1 Å². The summed E-state index contributed by atoms with van der Waals surface area (Å²) >= 11 is 0.699. The number of rotatable bonds is 1. The zero-order valence-corrected chi connectivity index (χ0v) is 11.6. The normalized spacial score (nSPS) is 15.2. The van der Waals surface area contributed by atoms with Crippen molar-refractivity contribution in [3.63, 3.8) is 0 Å². The average molecular weight is 316 g/mol. The number of nitrogen functional groups attached to an aromatic ring is 1. The van der Waals surface area contributed by atoms with E-state index in [9.17, 15) is 18.0 Å². The summed E-state index contributed by atoms with van der Waals surface area (Å²) in [4.78, 5) is 15.1. The van der Waals surface area contributed by atoms with Gasteiger partial charge in [0, 0.05) is 11.1 Å². The maximum Gasteiger partial charge on any atom is 0.417 e. The second-order valence-electron chi connectivity index (χ2n) is 4.95. The van der Waals surface area contributed by atoms with Gasteiger partial charge < -0.3 is 10.8 Å². The Kier molecular flexibility index (Phi) is 3.09. The molecule has 4 nitrogen and oxygen atoms in total. The number of aromatic carboxylic acids is 1. The van der Waals surface area contributed by atoms with Crippen molar-refractivity contribution in [3.05, 3.63) is 21.7 Å². The van der Waals surface area contributed by atoms with Gasteiger partial charge in [-0.05, 0) is 31.2 Å². The molecule has 0 aromatic carbocycles. The Morgan fingerprint density at radius 2 is 1.95 bits per heavy atom. The number of alkyl halides is 3. The molecule has 1 aliphatic carbocycles. The van der Waals surface area contributed by atoms with Gasteiger partial charge in [0.15, 0.2) is 0 Å². The Hall–Kier alpha value is -1.83. The number of carbonyl (C=O) groups is 1. The topological polar surface area (TPSA) is 76.2 Å². The minimum absolute atomic E-state index is 0.0536. The van der Waals surface area contributed by atoms with Crippen molar-refractivity contribution in [2.75, 3.05) is 5.73 Å². The van der Waals surface area contributed by atoms with E-state index in [0.29, 0.717) is 36.3 Å². The summed E-state index contributed by atoms with van der Waals surface area (Å²) in [7, 11) is 0. The number of hydrogen-bond acceptors (Lipinski definition) is 4. The number of carboxylic acid groups (broad SMARTS) is 1. The van der Waals surface area contributed by atoms with Gasteiger partial charge in [-0.3, -0.25) is 0 Å². The second-order valence-corrected chi connectivity index (χ2v) is 5.95. The average Bonchev–Trinajstić information content (AvgIpc) is 2.72. The van der Waals surface area contributed by atoms with Crippen molar-refractivity contribution in [2.45, 2.75) is 31.9 Å². The predicted octanol–water partition coefficient (Wildman–Crippen LogP) is 3.47. The molecule has 8 heteroatoms. The number of nitrogens with two attached hydrogens (primary N) is 1. The van der Waals surface area contributed by atoms with Crippen molar-refractivity contribution < 1.29 is 23.1 Å². The summed E-state index contributed by atoms with van der Waals surface area (Å²) in [5.74, 6) is -1.33. The Morgan fingerprint density at radius 1 is 1.29 bits per heavy atom. The van der Waals surface area contributed by atoms with Crippen molar-refractivity contribution >= 4 is 33.2 Å². The highest BCUT2D eigenvalue weighted by atomic mass is 32.1. The number of anilines is 1. The van der Waals surface area contributed by atoms with E-state index in [0.717, 1.165) is 6.42 Å². The molecule has 1 aliphatic rings. The highest BCUT2D eigenvalue weighted by Gasteiger charge is 2.39. The molecule has 0 unspecified atom stereocenters. The molecule has 0 atom stereocenters. The molecule has 3 N–H and O–H groups in total. The van der Waals surface area contributed by atoms with Gasteiger partial charge in [-0.25, -0.2) is 9.78 Å². The van der Waals surface area contributed by atoms with E-state index in [4.69, 9.17) is 10.8 Å². The lowest BCUT2D eigenvalue weighted by molar-refractivity contribution is -0.137. The van der Waals surface area contributed by atoms with Crippen LogP contribution >= 0.6 is 11.3 Å². The van der Waals surface area contributed by atoms with Crippen LogP contribution in [0.2, 0.25) is 0 Å². The first-order valence-corrected chi connectivity index (χ1v) is 7.16. The first-order chi connectivity index (χ1) is 9.80. The van der Waals surface area contributed by atoms with E-state index >= 15 is 0 Å². The number of carboxylic acids is 1. The number of nitrogens with zero attached hydrogens (tertiary/aromatic N) is 1. The SMILES string of the molecule is Nc1c(C(=O)O)sc2nc3c(c(C(F)(F)F)c12)CCCC3. The third-order valence-electron chi connectivity index (χ3n) is 3.63. The molecule has 2 heterocycles. The Morgan fingerprint density at radius 3 is 2.57 bits per heavy atom. The number of pyridine rings is 1. The molecular weight excluding hydrogens is 305 g/mol. The van der Waals surface area contributed by atoms with Gasteiger partial charge in [-0.2, -0.15) is 13.2 Å². The minimum Gasteiger partial charge on any atom is -0.477 e. The number of thiophene rings is 1. The lowest BCUT2D eigenvalue weighted by Crippen LogP contribution is -2.16. The van der Waals surface area contributed by atoms with Crippen LogP contribution < -0.4 is 5.73 Å². The summed E-state index contributed by atoms with van der Waals surface area (Å²) in [6, 6.07) is 0. The maximum atomic E-state index is 13.5. The summed E-state index contributed by atoms with van der Waals surface area (Å²) < 4.78 is 40.4. The van der Waals surface area contributed by atoms with Gasteiger partial charge in [0.25, 0.3) is 0 Å². The molecule has 0 saturated carbocycles. The minimum atomic E-state index is -4.58. The van der Waals surface area contributed by atoms with E-state index in [1.807, 2.05) is 0 Å². The van der Waals surface area contributed by atoms with E-state index in [1.54, 1.807) is 0 Å². The van der Waals surface area contributed by atoms with Gasteiger partial charge in [0.05, 0.1) is 11.3 Å². The highest BCUT2D eigenvalue weighted by molar-refractivity contribution is 7.21. The number of hydrogen-bond donors (Lipinski definition) is 2. The number of aromatic nitrogens is 1. The van der Waals surface area contributed by atoms with Crippen LogP contribution in [0.1, 0.15) is 39.3 Å². The molecule has 2 aromatic rings. The quantitative estimate of drug-likeness (QED) is 0.844. The Bertz CT molecular complexity index is 752. The molecule has 21 heavy (non-hydrogen) atoms. The molecule has 112 valence electrons. The van der Waals surface area contributed by atoms with Crippen LogP contribution in [0, 0.1) is 0 Å². The first kappa shape index (κ1) is 14.1. The van der Waals surface area contributed by atoms with Crippen LogP contribution in [-0.2, 0) is 19.0 Å². The van der Waals surface area contributed by atoms with Crippen LogP contribution in [0.3, 0.4) is 0 Å². The lowest BCUT2D eigenvalue weighted by Gasteiger charge is -2.21. The van der Waals surface area contributed by atoms with Gasteiger partial charge in [0.1, 0.15) is 9.71 Å². The highest BCUT2D eigenvalue weighted by Crippen LogP contribution is 2.45. The summed E-state index contributed by atoms with van der Waals surface area (Å²) in [6.45, 7) is 0. The van der Waals surface area contributed by atoms with Crippen molar-refractivity contribution in [1.29, 1.82) is 0 Å². The van der Waals surface area contributed by atoms with E-state index in [2.05, 4.69) is 4.98 Å². The summed E-state index contributed by atoms with van der Waals surface area (Å²) in [5.41, 5.74) is 5.11. The number of aryl methyl sites for hydroxylation is 1. The molecule has 2 aromatic heterocycles. The molecule has 0 radical (unpaired) electrons. The predicted molar refractivity (Wildman–Crippen MR) is 72.6 cm³/mol. The van der Waals surface area contributed by atoms with E-state index in [-0.39, 0.29) is 26.3 Å². The third-order valence-corrected chi connectivity index (χ3v) is 4.72. The fraction of sp³-hybridized carbons (Fsp3) is 0.385. The van der Waals surface area contributed by atoms with Gasteiger partial charge in [-0.1, -0.05) is 0 Å². The molecular formula is C13H11F3N2O2S. The van der Waals surface area contributed by atoms with Crippen molar-refractivity contribution in [3.8, 4) is 0 Å². The largest absolute Gasteiger partial charge is 0.477 e. The Balaban J connectivity index is 2.44. The number of fused-ring (bicyclic) bond motifs is 2. The van der Waals surface area contributed by atoms with Gasteiger partial charge >= 0.3 is 12.1 Å². The molecule has 0 amide bonds. The number of halogens is 3. The monoisotopic (exact) mass is 316 g/mol. The van der Waals surface area contributed by atoms with Crippen LogP contribution in [0.15, 0.2) is 0 Å². The summed E-state index contributed by atoms with van der Waals surface area (Å²) in [5, 5.41) is 8.79. The molecule has 0 spiro atoms. The van der Waals surface area contributed by atoms with E-state index in [1.165, 1.54) is 0 Å². The standard InChI is InChI=1S/C13H11F3N2O2S/c14-13(15,16)8-5-3-1-2-4-6(5)18-11-7(8)9(17)10(21-11)12(19)20/h1-4,17H2,(H,19,20). The fourth-order valence-electron chi connectivity index (χ4n) is 2.78. The van der Waals surface area contributed by atoms with Gasteiger partial charge in [-0.15, -0.1) is 11.3 Å². The van der Waals surface area contributed by atoms with Gasteiger partial charge in [0.2, 0.25) is 0 Å². The molecule has 0 bridgehead atoms. The Labute approximate surface area is 121 Å². The molecule has 0 saturated heterocycles. The smallest absolute Gasteiger partial charge is 0.417 e. The maximum absolute atomic E-state index is 13.5. The third kappa shape index (κ3) is 2.14. The van der Waals surface area contributed by atoms with Crippen LogP contribution in [0.5, 0.6) is 0 Å². The fourth-order valence-corrected chi connectivity index (χ4v) is 3.74. The zero-order valence-electron chi connectivity index (χ0n) is 10.8.